The zero-order valence-electron chi connectivity index (χ0n) is 17.4. The van der Waals surface area contributed by atoms with E-state index < -0.39 is 0 Å². The van der Waals surface area contributed by atoms with E-state index in [1.165, 1.54) is 7.05 Å². The molecule has 0 saturated heterocycles. The number of aromatic nitrogens is 1. The minimum absolute atomic E-state index is 0.0187. The van der Waals surface area contributed by atoms with E-state index in [9.17, 15) is 9.59 Å². The molecule has 2 amide bonds. The van der Waals surface area contributed by atoms with Gasteiger partial charge in [-0.3, -0.25) is 14.6 Å². The molecule has 0 saturated carbocycles. The first kappa shape index (κ1) is 22.0. The zero-order valence-corrected chi connectivity index (χ0v) is 17.4. The van der Waals surface area contributed by atoms with E-state index in [-0.39, 0.29) is 17.9 Å². The monoisotopic (exact) mass is 418 g/mol. The second kappa shape index (κ2) is 10.9. The molecular formula is C24H26N4O3. The SMILES string of the molecule is CN.O=C(CCc1ccc(C(=O)Nc2ccncc2)cc1)N[C@H]1COc2ccccc21. The minimum Gasteiger partial charge on any atom is -0.491 e. The number of rotatable bonds is 6. The second-order valence-corrected chi connectivity index (χ2v) is 6.86. The van der Waals surface area contributed by atoms with Crippen LogP contribution in [0.1, 0.15) is 33.9 Å². The Kier molecular flexibility index (Phi) is 7.73. The van der Waals surface area contributed by atoms with Crippen molar-refractivity contribution < 1.29 is 14.3 Å². The number of pyridine rings is 1. The topological polar surface area (TPSA) is 106 Å². The number of nitrogens with one attached hydrogen (secondary N) is 2. The van der Waals surface area contributed by atoms with Gasteiger partial charge in [-0.2, -0.15) is 0 Å². The Morgan fingerprint density at radius 1 is 1.03 bits per heavy atom. The Hall–Kier alpha value is -3.71. The average Bonchev–Trinajstić information content (AvgIpc) is 3.23. The maximum Gasteiger partial charge on any atom is 0.255 e. The highest BCUT2D eigenvalue weighted by atomic mass is 16.5. The highest BCUT2D eigenvalue weighted by molar-refractivity contribution is 6.04. The van der Waals surface area contributed by atoms with Crippen molar-refractivity contribution in [2.45, 2.75) is 18.9 Å². The maximum atomic E-state index is 12.3. The molecule has 0 fully saturated rings. The molecule has 31 heavy (non-hydrogen) atoms. The van der Waals surface area contributed by atoms with Crippen LogP contribution in [0.4, 0.5) is 5.69 Å². The van der Waals surface area contributed by atoms with Crippen molar-refractivity contribution in [1.29, 1.82) is 0 Å². The summed E-state index contributed by atoms with van der Waals surface area (Å²) in [5.41, 5.74) is 7.78. The van der Waals surface area contributed by atoms with E-state index in [4.69, 9.17) is 4.74 Å². The lowest BCUT2D eigenvalue weighted by atomic mass is 10.1. The molecule has 1 aromatic heterocycles. The van der Waals surface area contributed by atoms with Gasteiger partial charge in [0.1, 0.15) is 12.4 Å². The smallest absolute Gasteiger partial charge is 0.255 e. The van der Waals surface area contributed by atoms with E-state index in [0.29, 0.717) is 30.7 Å². The van der Waals surface area contributed by atoms with Gasteiger partial charge in [0.15, 0.2) is 0 Å². The van der Waals surface area contributed by atoms with Crippen molar-refractivity contribution in [3.05, 3.63) is 89.7 Å². The van der Waals surface area contributed by atoms with Gasteiger partial charge >= 0.3 is 0 Å². The van der Waals surface area contributed by atoms with Crippen LogP contribution in [0.2, 0.25) is 0 Å². The van der Waals surface area contributed by atoms with Crippen molar-refractivity contribution in [3.63, 3.8) is 0 Å². The van der Waals surface area contributed by atoms with Gasteiger partial charge in [0, 0.05) is 35.6 Å². The Morgan fingerprint density at radius 2 is 1.74 bits per heavy atom. The normalized spacial score (nSPS) is 13.8. The summed E-state index contributed by atoms with van der Waals surface area (Å²) in [7, 11) is 1.50. The Balaban J connectivity index is 0.00000132. The number of benzene rings is 2. The fraction of sp³-hybridized carbons (Fsp3) is 0.208. The third kappa shape index (κ3) is 5.90. The van der Waals surface area contributed by atoms with E-state index in [0.717, 1.165) is 16.9 Å². The molecule has 1 aliphatic rings. The lowest BCUT2D eigenvalue weighted by Crippen LogP contribution is -2.29. The molecule has 2 heterocycles. The average molecular weight is 418 g/mol. The van der Waals surface area contributed by atoms with Gasteiger partial charge in [0.05, 0.1) is 6.04 Å². The zero-order chi connectivity index (χ0) is 22.1. The predicted octanol–water partition coefficient (Wildman–Crippen LogP) is 3.09. The quantitative estimate of drug-likeness (QED) is 0.570. The molecule has 7 nitrogen and oxygen atoms in total. The molecule has 0 spiro atoms. The van der Waals surface area contributed by atoms with Crippen LogP contribution in [0.5, 0.6) is 5.75 Å². The first-order valence-electron chi connectivity index (χ1n) is 10.1. The number of fused-ring (bicyclic) bond motifs is 1. The summed E-state index contributed by atoms with van der Waals surface area (Å²) < 4.78 is 5.60. The van der Waals surface area contributed by atoms with E-state index in [1.807, 2.05) is 36.4 Å². The number of ether oxygens (including phenoxy) is 1. The molecule has 4 rings (SSSR count). The maximum absolute atomic E-state index is 12.3. The number of aryl methyl sites for hydroxylation is 1. The van der Waals surface area contributed by atoms with Crippen molar-refractivity contribution in [3.8, 4) is 5.75 Å². The van der Waals surface area contributed by atoms with Crippen LogP contribution < -0.4 is 21.1 Å². The molecule has 160 valence electrons. The van der Waals surface area contributed by atoms with E-state index >= 15 is 0 Å². The molecule has 1 atom stereocenters. The second-order valence-electron chi connectivity index (χ2n) is 6.86. The Morgan fingerprint density at radius 3 is 2.48 bits per heavy atom. The molecule has 4 N–H and O–H groups in total. The summed E-state index contributed by atoms with van der Waals surface area (Å²) in [5, 5.41) is 5.85. The highest BCUT2D eigenvalue weighted by Gasteiger charge is 2.24. The molecule has 2 aromatic carbocycles. The Bertz CT molecular complexity index is 1010. The fourth-order valence-electron chi connectivity index (χ4n) is 3.27. The molecule has 7 heteroatoms. The first-order valence-corrected chi connectivity index (χ1v) is 10.1. The van der Waals surface area contributed by atoms with Crippen LogP contribution >= 0.6 is 0 Å². The number of anilines is 1. The van der Waals surface area contributed by atoms with Gasteiger partial charge in [-0.05, 0) is 49.4 Å². The summed E-state index contributed by atoms with van der Waals surface area (Å²) in [4.78, 5) is 28.5. The molecule has 0 bridgehead atoms. The van der Waals surface area contributed by atoms with Gasteiger partial charge in [-0.1, -0.05) is 30.3 Å². The predicted molar refractivity (Wildman–Crippen MR) is 120 cm³/mol. The molecule has 0 unspecified atom stereocenters. The summed E-state index contributed by atoms with van der Waals surface area (Å²) in [6, 6.07) is 18.4. The number of carbonyl (C=O) groups excluding carboxylic acids is 2. The van der Waals surface area contributed by atoms with E-state index in [1.54, 1.807) is 36.7 Å². The summed E-state index contributed by atoms with van der Waals surface area (Å²) in [6.45, 7) is 0.465. The lowest BCUT2D eigenvalue weighted by molar-refractivity contribution is -0.121. The van der Waals surface area contributed by atoms with Crippen LogP contribution in [0.25, 0.3) is 0 Å². The Labute approximate surface area is 181 Å². The number of para-hydroxylation sites is 1. The molecule has 1 aliphatic heterocycles. The standard InChI is InChI=1S/C23H21N3O3.CH5N/c27-22(26-20-15-29-21-4-2-1-3-19(20)21)10-7-16-5-8-17(9-6-16)23(28)25-18-11-13-24-14-12-18;1-2/h1-6,8-9,11-14,20H,7,10,15H2,(H,26,27)(H,24,25,28);2H2,1H3/t20-;/m0./s1. The van der Waals surface area contributed by atoms with Crippen molar-refractivity contribution in [2.75, 3.05) is 19.0 Å². The number of hydrogen-bond donors (Lipinski definition) is 3. The number of nitrogens with zero attached hydrogens (tertiary/aromatic N) is 1. The molecule has 0 radical (unpaired) electrons. The largest absolute Gasteiger partial charge is 0.491 e. The highest BCUT2D eigenvalue weighted by Crippen LogP contribution is 2.31. The number of carbonyl (C=O) groups is 2. The molecular weight excluding hydrogens is 392 g/mol. The third-order valence-electron chi connectivity index (χ3n) is 4.83. The minimum atomic E-state index is -0.180. The van der Waals surface area contributed by atoms with Crippen LogP contribution in [0, 0.1) is 0 Å². The van der Waals surface area contributed by atoms with Gasteiger partial charge in [-0.15, -0.1) is 0 Å². The van der Waals surface area contributed by atoms with Crippen LogP contribution in [0.15, 0.2) is 73.1 Å². The molecule has 3 aromatic rings. The van der Waals surface area contributed by atoms with Crippen LogP contribution in [-0.4, -0.2) is 30.5 Å². The van der Waals surface area contributed by atoms with Gasteiger partial charge in [-0.25, -0.2) is 0 Å². The van der Waals surface area contributed by atoms with E-state index in [2.05, 4.69) is 21.4 Å². The van der Waals surface area contributed by atoms with Gasteiger partial charge in [0.2, 0.25) is 5.91 Å². The lowest BCUT2D eigenvalue weighted by Gasteiger charge is -2.12. The summed E-state index contributed by atoms with van der Waals surface area (Å²) >= 11 is 0. The van der Waals surface area contributed by atoms with Crippen molar-refractivity contribution in [2.24, 2.45) is 5.73 Å². The van der Waals surface area contributed by atoms with Crippen molar-refractivity contribution >= 4 is 17.5 Å². The third-order valence-corrected chi connectivity index (χ3v) is 4.83. The fourth-order valence-corrected chi connectivity index (χ4v) is 3.27. The number of hydrogen-bond acceptors (Lipinski definition) is 5. The van der Waals surface area contributed by atoms with Gasteiger partial charge < -0.3 is 21.1 Å². The molecule has 0 aliphatic carbocycles. The summed E-state index contributed by atoms with van der Waals surface area (Å²) in [6.07, 6.45) is 4.23. The first-order chi connectivity index (χ1) is 15.2. The van der Waals surface area contributed by atoms with Crippen molar-refractivity contribution in [1.82, 2.24) is 10.3 Å². The number of amides is 2. The number of nitrogens with two attached hydrogens (primary N) is 1. The van der Waals surface area contributed by atoms with Gasteiger partial charge in [0.25, 0.3) is 5.91 Å². The van der Waals surface area contributed by atoms with Crippen LogP contribution in [0.3, 0.4) is 0 Å². The summed E-state index contributed by atoms with van der Waals surface area (Å²) in [5.74, 6) is 0.633. The van der Waals surface area contributed by atoms with Crippen LogP contribution in [-0.2, 0) is 11.2 Å².